The smallest absolute Gasteiger partial charge is 0.243 e. The van der Waals surface area contributed by atoms with Crippen LogP contribution in [0, 0.1) is 0 Å². The zero-order valence-electron chi connectivity index (χ0n) is 12.6. The van der Waals surface area contributed by atoms with Gasteiger partial charge in [0.05, 0.1) is 18.1 Å². The van der Waals surface area contributed by atoms with Crippen LogP contribution in [-0.4, -0.2) is 69.2 Å². The highest BCUT2D eigenvalue weighted by Crippen LogP contribution is 2.28. The number of benzene rings is 1. The van der Waals surface area contributed by atoms with Crippen molar-refractivity contribution in [1.82, 2.24) is 9.21 Å². The van der Waals surface area contributed by atoms with Gasteiger partial charge in [-0.25, -0.2) is 8.42 Å². The van der Waals surface area contributed by atoms with E-state index in [1.54, 1.807) is 18.2 Å². The Labute approximate surface area is 126 Å². The third-order valence-electron chi connectivity index (χ3n) is 3.57. The van der Waals surface area contributed by atoms with Gasteiger partial charge in [-0.3, -0.25) is 0 Å². The van der Waals surface area contributed by atoms with Gasteiger partial charge >= 0.3 is 0 Å². The van der Waals surface area contributed by atoms with E-state index >= 15 is 0 Å². The molecule has 1 N–H and O–H groups in total. The number of sulfonamides is 1. The van der Waals surface area contributed by atoms with Crippen molar-refractivity contribution in [2.75, 3.05) is 34.3 Å². The number of hydrogen-bond acceptors (Lipinski definition) is 5. The van der Waals surface area contributed by atoms with Gasteiger partial charge in [0.2, 0.25) is 10.0 Å². The van der Waals surface area contributed by atoms with Crippen LogP contribution in [0.15, 0.2) is 29.2 Å². The molecule has 0 aliphatic carbocycles. The summed E-state index contributed by atoms with van der Waals surface area (Å²) >= 11 is 0. The highest BCUT2D eigenvalue weighted by Gasteiger charge is 2.39. The van der Waals surface area contributed by atoms with E-state index in [0.29, 0.717) is 18.7 Å². The van der Waals surface area contributed by atoms with E-state index < -0.39 is 16.1 Å². The second-order valence-corrected chi connectivity index (χ2v) is 7.45. The van der Waals surface area contributed by atoms with Crippen molar-refractivity contribution in [2.45, 2.75) is 23.5 Å². The summed E-state index contributed by atoms with van der Waals surface area (Å²) in [4.78, 5) is 2.12. The quantitative estimate of drug-likeness (QED) is 0.851. The first kappa shape index (κ1) is 16.2. The van der Waals surface area contributed by atoms with Crippen LogP contribution in [0.2, 0.25) is 0 Å². The zero-order valence-corrected chi connectivity index (χ0v) is 13.4. The molecule has 2 rings (SSSR count). The fourth-order valence-electron chi connectivity index (χ4n) is 2.64. The van der Waals surface area contributed by atoms with Gasteiger partial charge in [-0.05, 0) is 32.6 Å². The average molecular weight is 314 g/mol. The molecular weight excluding hydrogens is 292 g/mol. The molecule has 1 aromatic carbocycles. The van der Waals surface area contributed by atoms with Crippen LogP contribution in [0.1, 0.15) is 6.42 Å². The number of nitrogens with zero attached hydrogens (tertiary/aromatic N) is 2. The van der Waals surface area contributed by atoms with Gasteiger partial charge in [0.25, 0.3) is 0 Å². The first-order valence-corrected chi connectivity index (χ1v) is 8.27. The number of aliphatic hydroxyl groups is 1. The lowest BCUT2D eigenvalue weighted by Crippen LogP contribution is -2.41. The molecule has 1 aliphatic heterocycles. The molecule has 2 unspecified atom stereocenters. The lowest BCUT2D eigenvalue weighted by Gasteiger charge is -2.26. The van der Waals surface area contributed by atoms with E-state index in [1.807, 2.05) is 19.0 Å². The first-order valence-electron chi connectivity index (χ1n) is 6.83. The summed E-state index contributed by atoms with van der Waals surface area (Å²) in [6, 6.07) is 6.20. The number of aliphatic hydroxyl groups excluding tert-OH is 1. The molecule has 118 valence electrons. The number of methoxy groups -OCH3 is 1. The Bertz CT molecular complexity index is 588. The Kier molecular flexibility index (Phi) is 4.88. The number of rotatable bonds is 5. The topological polar surface area (TPSA) is 70.1 Å². The fourth-order valence-corrected chi connectivity index (χ4v) is 4.34. The zero-order chi connectivity index (χ0) is 15.6. The van der Waals surface area contributed by atoms with E-state index in [1.165, 1.54) is 17.5 Å². The molecule has 1 fully saturated rings. The molecular formula is C14H22N2O4S. The Hall–Kier alpha value is -1.15. The van der Waals surface area contributed by atoms with Gasteiger partial charge in [0.1, 0.15) is 5.75 Å². The summed E-state index contributed by atoms with van der Waals surface area (Å²) in [5.74, 6) is 0.500. The maximum absolute atomic E-state index is 12.8. The van der Waals surface area contributed by atoms with Crippen molar-refractivity contribution in [3.63, 3.8) is 0 Å². The van der Waals surface area contributed by atoms with Gasteiger partial charge in [0.15, 0.2) is 0 Å². The van der Waals surface area contributed by atoms with Gasteiger partial charge < -0.3 is 14.7 Å². The van der Waals surface area contributed by atoms with Crippen molar-refractivity contribution >= 4 is 10.0 Å². The Morgan fingerprint density at radius 1 is 1.43 bits per heavy atom. The minimum Gasteiger partial charge on any atom is -0.497 e. The van der Waals surface area contributed by atoms with E-state index in [2.05, 4.69) is 0 Å². The van der Waals surface area contributed by atoms with E-state index in [9.17, 15) is 13.5 Å². The van der Waals surface area contributed by atoms with Crippen LogP contribution >= 0.6 is 0 Å². The lowest BCUT2D eigenvalue weighted by atomic mass is 10.2. The number of hydrogen-bond donors (Lipinski definition) is 1. The summed E-state index contributed by atoms with van der Waals surface area (Å²) < 4.78 is 32.0. The number of ether oxygens (including phenoxy) is 1. The van der Waals surface area contributed by atoms with Gasteiger partial charge in [-0.2, -0.15) is 4.31 Å². The van der Waals surface area contributed by atoms with E-state index in [-0.39, 0.29) is 17.5 Å². The summed E-state index contributed by atoms with van der Waals surface area (Å²) in [5.41, 5.74) is 0. The first-order chi connectivity index (χ1) is 9.84. The summed E-state index contributed by atoms with van der Waals surface area (Å²) in [5, 5.41) is 9.84. The molecule has 6 nitrogen and oxygen atoms in total. The minimum atomic E-state index is -3.63. The van der Waals surface area contributed by atoms with Crippen LogP contribution in [0.3, 0.4) is 0 Å². The molecule has 0 aromatic heterocycles. The summed E-state index contributed by atoms with van der Waals surface area (Å²) in [6.07, 6.45) is -0.156. The van der Waals surface area contributed by atoms with E-state index in [0.717, 1.165) is 0 Å². The van der Waals surface area contributed by atoms with Crippen molar-refractivity contribution in [1.29, 1.82) is 0 Å². The maximum Gasteiger partial charge on any atom is 0.243 e. The average Bonchev–Trinajstić information content (AvgIpc) is 2.79. The van der Waals surface area contributed by atoms with Gasteiger partial charge in [-0.1, -0.05) is 6.07 Å². The summed E-state index contributed by atoms with van der Waals surface area (Å²) in [7, 11) is 1.65. The van der Waals surface area contributed by atoms with Crippen LogP contribution < -0.4 is 4.74 Å². The SMILES string of the molecule is COc1cccc(S(=O)(=O)N2CC(O)CC2CN(C)C)c1. The molecule has 1 aromatic rings. The lowest BCUT2D eigenvalue weighted by molar-refractivity contribution is 0.188. The van der Waals surface area contributed by atoms with Crippen molar-refractivity contribution in [3.8, 4) is 5.75 Å². The molecule has 0 saturated carbocycles. The Morgan fingerprint density at radius 2 is 2.14 bits per heavy atom. The molecule has 2 atom stereocenters. The second-order valence-electron chi connectivity index (χ2n) is 5.56. The largest absolute Gasteiger partial charge is 0.497 e. The van der Waals surface area contributed by atoms with Gasteiger partial charge in [-0.15, -0.1) is 0 Å². The molecule has 1 saturated heterocycles. The molecule has 1 heterocycles. The molecule has 0 bridgehead atoms. The van der Waals surface area contributed by atoms with Crippen molar-refractivity contribution in [2.24, 2.45) is 0 Å². The molecule has 21 heavy (non-hydrogen) atoms. The highest BCUT2D eigenvalue weighted by molar-refractivity contribution is 7.89. The second kappa shape index (κ2) is 6.31. The third-order valence-corrected chi connectivity index (χ3v) is 5.48. The van der Waals surface area contributed by atoms with Gasteiger partial charge in [0, 0.05) is 25.2 Å². The third kappa shape index (κ3) is 3.55. The summed E-state index contributed by atoms with van der Waals surface area (Å²) in [6.45, 7) is 0.721. The standard InChI is InChI=1S/C14H22N2O4S/c1-15(2)9-11-7-12(17)10-16(11)21(18,19)14-6-4-5-13(8-14)20-3/h4-6,8,11-12,17H,7,9-10H2,1-3H3. The normalized spacial score (nSPS) is 23.7. The van der Waals surface area contributed by atoms with Crippen LogP contribution in [-0.2, 0) is 10.0 Å². The molecule has 0 radical (unpaired) electrons. The van der Waals surface area contributed by atoms with Crippen LogP contribution in [0.25, 0.3) is 0 Å². The number of likely N-dealkylation sites (N-methyl/N-ethyl adjacent to an activating group) is 1. The molecule has 1 aliphatic rings. The molecule has 0 spiro atoms. The maximum atomic E-state index is 12.8. The predicted octanol–water partition coefficient (Wildman–Crippen LogP) is 0.381. The monoisotopic (exact) mass is 314 g/mol. The number of β-amino-alcohol motifs (C(OH)–C–C–N with tert-alkyl or cyclic N) is 1. The van der Waals surface area contributed by atoms with Crippen LogP contribution in [0.4, 0.5) is 0 Å². The van der Waals surface area contributed by atoms with Crippen LogP contribution in [0.5, 0.6) is 5.75 Å². The van der Waals surface area contributed by atoms with E-state index in [4.69, 9.17) is 4.74 Å². The minimum absolute atomic E-state index is 0.137. The van der Waals surface area contributed by atoms with Crippen molar-refractivity contribution < 1.29 is 18.3 Å². The highest BCUT2D eigenvalue weighted by atomic mass is 32.2. The molecule has 0 amide bonds. The Morgan fingerprint density at radius 3 is 2.76 bits per heavy atom. The predicted molar refractivity (Wildman–Crippen MR) is 79.9 cm³/mol. The Balaban J connectivity index is 2.32. The fraction of sp³-hybridized carbons (Fsp3) is 0.571. The van der Waals surface area contributed by atoms with Crippen molar-refractivity contribution in [3.05, 3.63) is 24.3 Å². The molecule has 7 heteroatoms.